The molecule has 67 heavy (non-hydrogen) atoms. The first-order valence-corrected chi connectivity index (χ1v) is 21.6. The predicted molar refractivity (Wildman–Crippen MR) is 228 cm³/mol. The lowest BCUT2D eigenvalue weighted by Crippen LogP contribution is -2.57. The Balaban J connectivity index is 1.12. The van der Waals surface area contributed by atoms with E-state index in [9.17, 15) is 72.8 Å². The summed E-state index contributed by atoms with van der Waals surface area (Å²) in [7, 11) is 0. The summed E-state index contributed by atoms with van der Waals surface area (Å²) in [5.74, 6) is -13.2. The molecule has 2 aromatic rings. The monoisotopic (exact) mass is 944 g/mol. The zero-order chi connectivity index (χ0) is 48.8. The van der Waals surface area contributed by atoms with E-state index < -0.39 is 97.4 Å². The predicted octanol–water partition coefficient (Wildman–Crippen LogP) is -1.61. The molecule has 0 spiro atoms. The van der Waals surface area contributed by atoms with Crippen LogP contribution in [0.4, 0.5) is 8.78 Å². The number of fused-ring (bicyclic) bond motifs is 1. The van der Waals surface area contributed by atoms with E-state index in [1.54, 1.807) is 39.0 Å². The number of hydrogen-bond acceptors (Lipinski definition) is 15. The first-order chi connectivity index (χ1) is 31.8. The van der Waals surface area contributed by atoms with Gasteiger partial charge in [0.1, 0.15) is 17.8 Å². The summed E-state index contributed by atoms with van der Waals surface area (Å²) in [6.45, 7) is 0.912. The SMILES string of the molecule is N#C[C@@H]1CC(F)(F)CN1C(=O)CNC(=O)c1ccnc2ccc(OCCCN3CCN(C(=O)[C@H](CC(C(=O)O)C(=O)O)NC(=O)CN4CCN(CC(=O)O)CCN(CC(=O)O)CC4)CC3)cc12. The molecule has 0 bridgehead atoms. The molecular weight excluding hydrogens is 891 g/mol. The number of hydrogen-bond donors (Lipinski definition) is 6. The van der Waals surface area contributed by atoms with Gasteiger partial charge in [0.25, 0.3) is 11.8 Å². The van der Waals surface area contributed by atoms with E-state index in [0.29, 0.717) is 42.7 Å². The molecule has 1 aromatic carbocycles. The molecule has 6 N–H and O–H groups in total. The van der Waals surface area contributed by atoms with Crippen LogP contribution >= 0.6 is 0 Å². The minimum Gasteiger partial charge on any atom is -0.494 e. The summed E-state index contributed by atoms with van der Waals surface area (Å²) in [4.78, 5) is 113. The first-order valence-electron chi connectivity index (χ1n) is 21.6. The van der Waals surface area contributed by atoms with Crippen molar-refractivity contribution in [2.24, 2.45) is 5.92 Å². The Bertz CT molecular complexity index is 2160. The molecule has 4 amide bonds. The Hall–Kier alpha value is -6.62. The maximum absolute atomic E-state index is 13.9. The largest absolute Gasteiger partial charge is 0.494 e. The smallest absolute Gasteiger partial charge is 0.317 e. The quantitative estimate of drug-likeness (QED) is 0.0642. The number of likely N-dealkylation sites (tertiary alicyclic amines) is 1. The highest BCUT2D eigenvalue weighted by atomic mass is 19.3. The van der Waals surface area contributed by atoms with Crippen molar-refractivity contribution in [2.75, 3.05) is 111 Å². The number of nitrogens with one attached hydrogen (secondary N) is 2. The van der Waals surface area contributed by atoms with Gasteiger partial charge in [-0.3, -0.25) is 62.9 Å². The lowest BCUT2D eigenvalue weighted by molar-refractivity contribution is -0.156. The van der Waals surface area contributed by atoms with Crippen molar-refractivity contribution in [1.82, 2.24) is 45.0 Å². The summed E-state index contributed by atoms with van der Waals surface area (Å²) in [5.41, 5.74) is 0.605. The average molecular weight is 945 g/mol. The van der Waals surface area contributed by atoms with E-state index in [2.05, 4.69) is 20.5 Å². The van der Waals surface area contributed by atoms with Gasteiger partial charge in [-0.05, 0) is 30.7 Å². The van der Waals surface area contributed by atoms with Gasteiger partial charge >= 0.3 is 23.9 Å². The maximum Gasteiger partial charge on any atom is 0.317 e. The number of rotatable bonds is 20. The van der Waals surface area contributed by atoms with Crippen molar-refractivity contribution in [2.45, 2.75) is 37.3 Å². The van der Waals surface area contributed by atoms with Crippen molar-refractivity contribution < 1.29 is 72.3 Å². The molecule has 23 nitrogen and oxygen atoms in total. The lowest BCUT2D eigenvalue weighted by Gasteiger charge is -2.37. The third-order valence-corrected chi connectivity index (χ3v) is 11.7. The summed E-state index contributed by atoms with van der Waals surface area (Å²) >= 11 is 0. The Labute approximate surface area is 382 Å². The van der Waals surface area contributed by atoms with Crippen LogP contribution in [-0.4, -0.2) is 232 Å². The summed E-state index contributed by atoms with van der Waals surface area (Å²) in [5, 5.41) is 52.5. The van der Waals surface area contributed by atoms with Gasteiger partial charge in [0.05, 0.1) is 56.5 Å². The van der Waals surface area contributed by atoms with Crippen LogP contribution in [0.15, 0.2) is 30.5 Å². The molecule has 364 valence electrons. The summed E-state index contributed by atoms with van der Waals surface area (Å²) in [6, 6.07) is 5.23. The van der Waals surface area contributed by atoms with Gasteiger partial charge in [-0.1, -0.05) is 0 Å². The van der Waals surface area contributed by atoms with Gasteiger partial charge in [0, 0.05) is 96.4 Å². The topological polar surface area (TPSA) is 307 Å². The van der Waals surface area contributed by atoms with Crippen molar-refractivity contribution in [3.05, 3.63) is 36.0 Å². The first kappa shape index (κ1) is 51.4. The van der Waals surface area contributed by atoms with Gasteiger partial charge in [-0.15, -0.1) is 0 Å². The van der Waals surface area contributed by atoms with E-state index in [0.717, 1.165) is 4.90 Å². The highest BCUT2D eigenvalue weighted by Crippen LogP contribution is 2.31. The molecule has 25 heteroatoms. The Kier molecular flexibility index (Phi) is 18.2. The number of carbonyl (C=O) groups excluding carboxylic acids is 4. The van der Waals surface area contributed by atoms with Crippen molar-refractivity contribution in [3.63, 3.8) is 0 Å². The average Bonchev–Trinajstić information content (AvgIpc) is 3.64. The number of carbonyl (C=O) groups is 8. The summed E-state index contributed by atoms with van der Waals surface area (Å²) < 4.78 is 33.6. The minimum absolute atomic E-state index is 0.155. The van der Waals surface area contributed by atoms with Crippen molar-refractivity contribution in [3.8, 4) is 11.8 Å². The van der Waals surface area contributed by atoms with Crippen LogP contribution in [0.3, 0.4) is 0 Å². The van der Waals surface area contributed by atoms with Crippen LogP contribution < -0.4 is 15.4 Å². The molecule has 0 saturated carbocycles. The zero-order valence-corrected chi connectivity index (χ0v) is 36.6. The number of piperazine rings is 1. The van der Waals surface area contributed by atoms with Gasteiger partial charge in [0.2, 0.25) is 17.7 Å². The highest BCUT2D eigenvalue weighted by Gasteiger charge is 2.47. The van der Waals surface area contributed by atoms with Crippen LogP contribution in [0.5, 0.6) is 5.75 Å². The Morgan fingerprint density at radius 1 is 0.821 bits per heavy atom. The van der Waals surface area contributed by atoms with Crippen LogP contribution in [0.2, 0.25) is 0 Å². The normalized spacial score (nSPS) is 19.1. The van der Waals surface area contributed by atoms with Crippen LogP contribution in [0.1, 0.15) is 29.6 Å². The molecule has 3 aliphatic rings. The minimum atomic E-state index is -3.20. The van der Waals surface area contributed by atoms with Crippen LogP contribution in [0, 0.1) is 17.2 Å². The number of amides is 4. The summed E-state index contributed by atoms with van der Waals surface area (Å²) in [6.07, 6.45) is 0.430. The number of aliphatic carboxylic acids is 4. The molecule has 5 rings (SSSR count). The highest BCUT2D eigenvalue weighted by molar-refractivity contribution is 6.07. The molecule has 3 saturated heterocycles. The number of nitriles is 1. The fraction of sp³-hybridized carbons (Fsp3) is 0.571. The van der Waals surface area contributed by atoms with Crippen LogP contribution in [-0.2, 0) is 33.6 Å². The van der Waals surface area contributed by atoms with E-state index >= 15 is 0 Å². The van der Waals surface area contributed by atoms with E-state index in [1.807, 2.05) is 0 Å². The van der Waals surface area contributed by atoms with Crippen molar-refractivity contribution >= 4 is 58.4 Å². The third kappa shape index (κ3) is 15.2. The number of pyridine rings is 1. The van der Waals surface area contributed by atoms with Gasteiger partial charge < -0.3 is 45.6 Å². The number of halogens is 2. The second kappa shape index (κ2) is 23.7. The fourth-order valence-corrected chi connectivity index (χ4v) is 8.10. The molecule has 4 heterocycles. The number of carboxylic acid groups (broad SMARTS) is 4. The number of benzene rings is 1. The van der Waals surface area contributed by atoms with E-state index in [-0.39, 0.29) is 84.2 Å². The second-order valence-corrected chi connectivity index (χ2v) is 16.5. The molecular formula is C42H54F2N10O13. The maximum atomic E-state index is 13.9. The number of nitrogens with zero attached hydrogens (tertiary/aromatic N) is 8. The van der Waals surface area contributed by atoms with Crippen LogP contribution in [0.25, 0.3) is 10.9 Å². The van der Waals surface area contributed by atoms with Gasteiger partial charge in [0.15, 0.2) is 5.92 Å². The molecule has 0 aliphatic carbocycles. The van der Waals surface area contributed by atoms with E-state index in [1.165, 1.54) is 17.2 Å². The molecule has 3 fully saturated rings. The second-order valence-electron chi connectivity index (χ2n) is 16.5. The van der Waals surface area contributed by atoms with Gasteiger partial charge in [-0.25, -0.2) is 8.78 Å². The standard InChI is InChI=1S/C42H54F2N10O13/c43-42(44)20-27(21-45)54(26-42)35(56)22-47-38(61)29-4-5-46-32-3-2-28(18-30(29)32)67-17-1-6-49-13-15-53(16-14-49)39(62)33(19-31(40(63)64)41(65)66)48-34(55)23-50-7-9-51(24-36(57)58)11-12-52(10-8-50)25-37(59)60/h2-5,18,27,31,33H,1,6-17,19-20,22-26H2,(H,47,61)(H,48,55)(H,57,58)(H,59,60)(H,63,64)(H,65,66)/t27-,33-/m0/s1. The number of carboxylic acids is 4. The number of aromatic nitrogens is 1. The lowest BCUT2D eigenvalue weighted by atomic mass is 9.98. The Morgan fingerprint density at radius 3 is 1.97 bits per heavy atom. The molecule has 3 aliphatic heterocycles. The van der Waals surface area contributed by atoms with Crippen molar-refractivity contribution in [1.29, 1.82) is 5.26 Å². The Morgan fingerprint density at radius 2 is 1.40 bits per heavy atom. The zero-order valence-electron chi connectivity index (χ0n) is 36.6. The molecule has 2 atom stereocenters. The molecule has 0 unspecified atom stereocenters. The van der Waals surface area contributed by atoms with E-state index in [4.69, 9.17) is 4.74 Å². The van der Waals surface area contributed by atoms with Gasteiger partial charge in [-0.2, -0.15) is 5.26 Å². The fourth-order valence-electron chi connectivity index (χ4n) is 8.10. The molecule has 1 aromatic heterocycles. The number of alkyl halides is 2. The number of ether oxygens (including phenoxy) is 1. The molecule has 0 radical (unpaired) electrons. The third-order valence-electron chi connectivity index (χ3n) is 11.7.